The second-order valence-corrected chi connectivity index (χ2v) is 7.74. The molecule has 1 aliphatic rings. The molecule has 0 saturated heterocycles. The average Bonchev–Trinajstić information content (AvgIpc) is 2.71. The summed E-state index contributed by atoms with van der Waals surface area (Å²) in [6.07, 6.45) is 1.12. The molecule has 2 N–H and O–H groups in total. The van der Waals surface area contributed by atoms with Crippen LogP contribution in [-0.4, -0.2) is 48.1 Å². The molecule has 22 heavy (non-hydrogen) atoms. The maximum Gasteiger partial charge on any atom is 0.271 e. The first kappa shape index (κ1) is 16.6. The van der Waals surface area contributed by atoms with Crippen molar-refractivity contribution in [3.63, 3.8) is 0 Å². The zero-order chi connectivity index (χ0) is 16.7. The van der Waals surface area contributed by atoms with Crippen LogP contribution in [0.4, 0.5) is 0 Å². The number of nitrogens with one attached hydrogen (secondary N) is 1. The molecule has 1 unspecified atom stereocenters. The Labute approximate surface area is 129 Å². The van der Waals surface area contributed by atoms with E-state index in [9.17, 15) is 18.4 Å². The van der Waals surface area contributed by atoms with E-state index in [0.29, 0.717) is 11.3 Å². The van der Waals surface area contributed by atoms with Crippen molar-refractivity contribution in [3.8, 4) is 0 Å². The molecule has 1 amide bonds. The van der Waals surface area contributed by atoms with Crippen LogP contribution in [0.3, 0.4) is 0 Å². The number of sulfone groups is 1. The zero-order valence-electron chi connectivity index (χ0n) is 12.9. The van der Waals surface area contributed by atoms with E-state index in [-0.39, 0.29) is 16.8 Å². The normalized spacial score (nSPS) is 22.4. The van der Waals surface area contributed by atoms with Gasteiger partial charge in [-0.2, -0.15) is 10.6 Å². The number of hydroxylamine groups is 1. The Morgan fingerprint density at radius 3 is 2.23 bits per heavy atom. The number of carbonyl (C=O) groups excluding carboxylic acids is 1. The molecule has 8 heteroatoms. The Hall–Kier alpha value is -1.77. The number of benzene rings is 1. The van der Waals surface area contributed by atoms with E-state index in [1.165, 1.54) is 24.1 Å². The van der Waals surface area contributed by atoms with E-state index in [4.69, 9.17) is 0 Å². The van der Waals surface area contributed by atoms with Crippen molar-refractivity contribution >= 4 is 21.5 Å². The van der Waals surface area contributed by atoms with Gasteiger partial charge in [-0.25, -0.2) is 13.4 Å². The molecule has 7 nitrogen and oxygen atoms in total. The molecule has 1 aromatic carbocycles. The van der Waals surface area contributed by atoms with Gasteiger partial charge in [-0.05, 0) is 32.9 Å². The van der Waals surface area contributed by atoms with Crippen LogP contribution in [-0.2, 0) is 14.6 Å². The predicted octanol–water partition coefficient (Wildman–Crippen LogP) is 0.782. The van der Waals surface area contributed by atoms with Crippen LogP contribution < -0.4 is 5.48 Å². The number of rotatable bonds is 4. The molecular formula is C14H19N3O4S. The van der Waals surface area contributed by atoms with Gasteiger partial charge in [0.1, 0.15) is 0 Å². The van der Waals surface area contributed by atoms with Crippen molar-refractivity contribution in [2.75, 3.05) is 6.26 Å². The third-order valence-electron chi connectivity index (χ3n) is 3.59. The lowest BCUT2D eigenvalue weighted by molar-refractivity contribution is -0.137. The minimum Gasteiger partial charge on any atom is -0.315 e. The van der Waals surface area contributed by atoms with E-state index >= 15 is 0 Å². The minimum atomic E-state index is -3.29. The van der Waals surface area contributed by atoms with Gasteiger partial charge < -0.3 is 5.21 Å². The Morgan fingerprint density at radius 1 is 1.27 bits per heavy atom. The first-order valence-electron chi connectivity index (χ1n) is 6.75. The number of hydrogen-bond donors (Lipinski definition) is 2. The molecular weight excluding hydrogens is 306 g/mol. The van der Waals surface area contributed by atoms with Crippen molar-refractivity contribution < 1.29 is 18.4 Å². The molecule has 0 aromatic heterocycles. The second kappa shape index (κ2) is 5.45. The number of nitrogens with zero attached hydrogens (tertiary/aromatic N) is 2. The van der Waals surface area contributed by atoms with E-state index in [1.54, 1.807) is 12.1 Å². The standard InChI is InChI=1S/C14H19N3O4S/c1-9(2)17-13(18)14(3,16-19)12(15-17)10-5-7-11(8-6-10)22(4,20)21/h5-9,16,19H,1-4H3. The smallest absolute Gasteiger partial charge is 0.271 e. The molecule has 0 spiro atoms. The SMILES string of the molecule is CC(C)N1N=C(c2ccc(S(C)(=O)=O)cc2)C(C)(NO)C1=O. The van der Waals surface area contributed by atoms with Gasteiger partial charge in [0.25, 0.3) is 5.91 Å². The lowest BCUT2D eigenvalue weighted by Gasteiger charge is -2.24. The molecule has 0 bridgehead atoms. The molecule has 0 saturated carbocycles. The van der Waals surface area contributed by atoms with E-state index in [1.807, 2.05) is 19.3 Å². The van der Waals surface area contributed by atoms with Gasteiger partial charge in [0.2, 0.25) is 0 Å². The van der Waals surface area contributed by atoms with Gasteiger partial charge in [0, 0.05) is 11.8 Å². The molecule has 120 valence electrons. The van der Waals surface area contributed by atoms with Crippen LogP contribution in [0, 0.1) is 0 Å². The van der Waals surface area contributed by atoms with Crippen LogP contribution in [0.25, 0.3) is 0 Å². The number of hydrazone groups is 1. The summed E-state index contributed by atoms with van der Waals surface area (Å²) in [6.45, 7) is 5.16. The number of amides is 1. The summed E-state index contributed by atoms with van der Waals surface area (Å²) in [5, 5.41) is 15.0. The summed E-state index contributed by atoms with van der Waals surface area (Å²) in [7, 11) is -3.29. The summed E-state index contributed by atoms with van der Waals surface area (Å²) in [4.78, 5) is 12.6. The maximum atomic E-state index is 12.4. The predicted molar refractivity (Wildman–Crippen MR) is 81.4 cm³/mol. The van der Waals surface area contributed by atoms with E-state index in [0.717, 1.165) is 6.26 Å². The minimum absolute atomic E-state index is 0.159. The van der Waals surface area contributed by atoms with Gasteiger partial charge in [-0.15, -0.1) is 0 Å². The Kier molecular flexibility index (Phi) is 4.12. The Morgan fingerprint density at radius 2 is 1.82 bits per heavy atom. The largest absolute Gasteiger partial charge is 0.315 e. The molecule has 0 aliphatic carbocycles. The molecule has 1 atom stereocenters. The van der Waals surface area contributed by atoms with Gasteiger partial charge in [0.05, 0.1) is 16.6 Å². The third-order valence-corrected chi connectivity index (χ3v) is 4.71. The van der Waals surface area contributed by atoms with Crippen molar-refractivity contribution in [1.29, 1.82) is 0 Å². The highest BCUT2D eigenvalue weighted by Gasteiger charge is 2.48. The highest BCUT2D eigenvalue weighted by Crippen LogP contribution is 2.26. The fraction of sp³-hybridized carbons (Fsp3) is 0.429. The molecule has 2 rings (SSSR count). The summed E-state index contributed by atoms with van der Waals surface area (Å²) in [5.41, 5.74) is 1.57. The van der Waals surface area contributed by atoms with Crippen molar-refractivity contribution in [2.45, 2.75) is 37.2 Å². The van der Waals surface area contributed by atoms with Crippen LogP contribution in [0.5, 0.6) is 0 Å². The summed E-state index contributed by atoms with van der Waals surface area (Å²) in [6, 6.07) is 5.89. The first-order valence-corrected chi connectivity index (χ1v) is 8.65. The van der Waals surface area contributed by atoms with Crippen LogP contribution >= 0.6 is 0 Å². The van der Waals surface area contributed by atoms with E-state index in [2.05, 4.69) is 5.10 Å². The summed E-state index contributed by atoms with van der Waals surface area (Å²) >= 11 is 0. The lowest BCUT2D eigenvalue weighted by atomic mass is 9.91. The number of hydrogen-bond acceptors (Lipinski definition) is 6. The van der Waals surface area contributed by atoms with Crippen LogP contribution in [0.1, 0.15) is 26.3 Å². The van der Waals surface area contributed by atoms with Crippen molar-refractivity contribution in [3.05, 3.63) is 29.8 Å². The molecule has 1 heterocycles. The van der Waals surface area contributed by atoms with Gasteiger partial charge in [0.15, 0.2) is 15.4 Å². The fourth-order valence-electron chi connectivity index (χ4n) is 2.24. The Bertz CT molecular complexity index is 725. The van der Waals surface area contributed by atoms with Crippen molar-refractivity contribution in [1.82, 2.24) is 10.5 Å². The molecule has 1 aromatic rings. The van der Waals surface area contributed by atoms with E-state index < -0.39 is 15.4 Å². The lowest BCUT2D eigenvalue weighted by Crippen LogP contribution is -2.55. The Balaban J connectivity index is 2.50. The zero-order valence-corrected chi connectivity index (χ0v) is 13.7. The second-order valence-electron chi connectivity index (χ2n) is 5.73. The van der Waals surface area contributed by atoms with Gasteiger partial charge >= 0.3 is 0 Å². The van der Waals surface area contributed by atoms with Crippen molar-refractivity contribution in [2.24, 2.45) is 5.10 Å². The highest BCUT2D eigenvalue weighted by molar-refractivity contribution is 7.90. The monoisotopic (exact) mass is 325 g/mol. The quantitative estimate of drug-likeness (QED) is 0.797. The summed E-state index contributed by atoms with van der Waals surface area (Å²) in [5.74, 6) is -0.368. The molecule has 0 fully saturated rings. The maximum absolute atomic E-state index is 12.4. The van der Waals surface area contributed by atoms with Crippen LogP contribution in [0.2, 0.25) is 0 Å². The highest BCUT2D eigenvalue weighted by atomic mass is 32.2. The number of carbonyl (C=O) groups is 1. The molecule has 0 radical (unpaired) electrons. The topological polar surface area (TPSA) is 99.1 Å². The molecule has 1 aliphatic heterocycles. The third kappa shape index (κ3) is 2.65. The van der Waals surface area contributed by atoms with Gasteiger partial charge in [-0.1, -0.05) is 12.1 Å². The fourth-order valence-corrected chi connectivity index (χ4v) is 2.87. The average molecular weight is 325 g/mol. The van der Waals surface area contributed by atoms with Crippen LogP contribution in [0.15, 0.2) is 34.3 Å². The first-order chi connectivity index (χ1) is 10.1. The van der Waals surface area contributed by atoms with Gasteiger partial charge in [-0.3, -0.25) is 4.79 Å². The summed E-state index contributed by atoms with van der Waals surface area (Å²) < 4.78 is 23.0.